The number of rotatable bonds is 6. The van der Waals surface area contributed by atoms with Gasteiger partial charge in [-0.25, -0.2) is 0 Å². The summed E-state index contributed by atoms with van der Waals surface area (Å²) in [5.41, 5.74) is 5.07. The fraction of sp³-hybridized carbons (Fsp3) is 1.00. The van der Waals surface area contributed by atoms with Gasteiger partial charge < -0.3 is 15.9 Å². The lowest BCUT2D eigenvalue weighted by molar-refractivity contribution is 0.471. The molecule has 0 fully saturated rings. The van der Waals surface area contributed by atoms with E-state index >= 15 is 0 Å². The standard InChI is InChI=1S/C6H17N2O2P/c1-2-3-4-8-6-11(9,10)5-7/h8H,2-7H2,1H3,(H,9,10). The summed E-state index contributed by atoms with van der Waals surface area (Å²) in [5.74, 6) is 0. The second-order valence-corrected chi connectivity index (χ2v) is 4.91. The molecule has 11 heavy (non-hydrogen) atoms. The third-order valence-corrected chi connectivity index (χ3v) is 2.64. The van der Waals surface area contributed by atoms with Gasteiger partial charge in [-0.3, -0.25) is 4.57 Å². The molecule has 0 aromatic carbocycles. The number of hydrogen-bond donors (Lipinski definition) is 3. The first-order chi connectivity index (χ1) is 5.12. The first-order valence-electron chi connectivity index (χ1n) is 3.84. The predicted molar refractivity (Wildman–Crippen MR) is 46.7 cm³/mol. The SMILES string of the molecule is CCCCNCP(=O)(O)CN. The second-order valence-electron chi connectivity index (χ2n) is 2.54. The maximum atomic E-state index is 10.9. The summed E-state index contributed by atoms with van der Waals surface area (Å²) in [6.45, 7) is 2.87. The Balaban J connectivity index is 3.31. The zero-order valence-corrected chi connectivity index (χ0v) is 7.81. The molecule has 5 heteroatoms. The van der Waals surface area contributed by atoms with E-state index in [1.807, 2.05) is 0 Å². The van der Waals surface area contributed by atoms with Gasteiger partial charge in [0.1, 0.15) is 0 Å². The second kappa shape index (κ2) is 5.72. The molecule has 0 aliphatic heterocycles. The summed E-state index contributed by atoms with van der Waals surface area (Å²) in [5, 5.41) is 2.88. The Bertz CT molecular complexity index is 141. The minimum absolute atomic E-state index is 0.133. The number of hydrogen-bond acceptors (Lipinski definition) is 3. The van der Waals surface area contributed by atoms with Gasteiger partial charge in [0.15, 0.2) is 0 Å². The van der Waals surface area contributed by atoms with E-state index in [0.29, 0.717) is 0 Å². The monoisotopic (exact) mass is 180 g/mol. The van der Waals surface area contributed by atoms with Crippen LogP contribution in [-0.2, 0) is 4.57 Å². The Labute approximate surface area is 67.6 Å². The van der Waals surface area contributed by atoms with Crippen LogP contribution in [0.5, 0.6) is 0 Å². The van der Waals surface area contributed by atoms with Crippen molar-refractivity contribution in [1.29, 1.82) is 0 Å². The molecular formula is C6H17N2O2P. The smallest absolute Gasteiger partial charge is 0.227 e. The highest BCUT2D eigenvalue weighted by Gasteiger charge is 2.13. The Morgan fingerprint density at radius 3 is 2.73 bits per heavy atom. The molecule has 0 saturated carbocycles. The van der Waals surface area contributed by atoms with Crippen LogP contribution >= 0.6 is 7.37 Å². The van der Waals surface area contributed by atoms with Crippen LogP contribution in [0.3, 0.4) is 0 Å². The van der Waals surface area contributed by atoms with Crippen molar-refractivity contribution in [1.82, 2.24) is 5.32 Å². The average molecular weight is 180 g/mol. The molecule has 4 nitrogen and oxygen atoms in total. The molecule has 0 bridgehead atoms. The largest absolute Gasteiger partial charge is 0.343 e. The van der Waals surface area contributed by atoms with Crippen LogP contribution in [0, 0.1) is 0 Å². The van der Waals surface area contributed by atoms with E-state index in [0.717, 1.165) is 19.4 Å². The van der Waals surface area contributed by atoms with Gasteiger partial charge >= 0.3 is 0 Å². The lowest BCUT2D eigenvalue weighted by Crippen LogP contribution is -2.19. The van der Waals surface area contributed by atoms with E-state index < -0.39 is 7.37 Å². The van der Waals surface area contributed by atoms with Crippen molar-refractivity contribution in [2.45, 2.75) is 19.8 Å². The molecule has 0 aliphatic rings. The molecule has 0 aromatic rings. The zero-order valence-electron chi connectivity index (χ0n) is 6.92. The molecule has 0 aromatic heterocycles. The molecule has 68 valence electrons. The highest BCUT2D eigenvalue weighted by Crippen LogP contribution is 2.35. The lowest BCUT2D eigenvalue weighted by atomic mass is 10.3. The highest BCUT2D eigenvalue weighted by molar-refractivity contribution is 7.57. The Morgan fingerprint density at radius 1 is 1.64 bits per heavy atom. The van der Waals surface area contributed by atoms with Crippen LogP contribution < -0.4 is 11.1 Å². The highest BCUT2D eigenvalue weighted by atomic mass is 31.2. The van der Waals surface area contributed by atoms with Gasteiger partial charge in [0.2, 0.25) is 7.37 Å². The van der Waals surface area contributed by atoms with E-state index in [4.69, 9.17) is 10.6 Å². The maximum absolute atomic E-state index is 10.9. The lowest BCUT2D eigenvalue weighted by Gasteiger charge is -2.08. The van der Waals surface area contributed by atoms with Crippen molar-refractivity contribution in [3.8, 4) is 0 Å². The molecular weight excluding hydrogens is 163 g/mol. The summed E-state index contributed by atoms with van der Waals surface area (Å²) < 4.78 is 10.9. The molecule has 0 spiro atoms. The summed E-state index contributed by atoms with van der Waals surface area (Å²) in [6, 6.07) is 0. The van der Waals surface area contributed by atoms with Crippen molar-refractivity contribution in [2.75, 3.05) is 19.1 Å². The first kappa shape index (κ1) is 11.1. The fourth-order valence-electron chi connectivity index (χ4n) is 0.620. The van der Waals surface area contributed by atoms with Gasteiger partial charge in [-0.2, -0.15) is 0 Å². The Morgan fingerprint density at radius 2 is 2.27 bits per heavy atom. The van der Waals surface area contributed by atoms with E-state index in [9.17, 15) is 4.57 Å². The van der Waals surface area contributed by atoms with Crippen molar-refractivity contribution < 1.29 is 9.46 Å². The minimum Gasteiger partial charge on any atom is -0.343 e. The van der Waals surface area contributed by atoms with Gasteiger partial charge in [-0.1, -0.05) is 13.3 Å². The van der Waals surface area contributed by atoms with Gasteiger partial charge in [-0.15, -0.1) is 0 Å². The van der Waals surface area contributed by atoms with Gasteiger partial charge in [-0.05, 0) is 13.0 Å². The normalized spacial score (nSPS) is 16.3. The summed E-state index contributed by atoms with van der Waals surface area (Å²) in [6.07, 6.45) is 2.13. The van der Waals surface area contributed by atoms with E-state index in [1.54, 1.807) is 0 Å². The molecule has 0 radical (unpaired) electrons. The molecule has 0 saturated heterocycles. The van der Waals surface area contributed by atoms with Crippen molar-refractivity contribution in [3.05, 3.63) is 0 Å². The number of unbranched alkanes of at least 4 members (excludes halogenated alkanes) is 1. The van der Waals surface area contributed by atoms with Crippen LogP contribution in [0.4, 0.5) is 0 Å². The van der Waals surface area contributed by atoms with Crippen molar-refractivity contribution >= 4 is 7.37 Å². The molecule has 0 amide bonds. The fourth-order valence-corrected chi connectivity index (χ4v) is 1.26. The number of nitrogens with two attached hydrogens (primary N) is 1. The molecule has 4 N–H and O–H groups in total. The third kappa shape index (κ3) is 6.51. The van der Waals surface area contributed by atoms with E-state index in [-0.39, 0.29) is 12.6 Å². The van der Waals surface area contributed by atoms with E-state index in [2.05, 4.69) is 12.2 Å². The van der Waals surface area contributed by atoms with Crippen LogP contribution in [-0.4, -0.2) is 24.0 Å². The van der Waals surface area contributed by atoms with Gasteiger partial charge in [0, 0.05) is 0 Å². The average Bonchev–Trinajstić information content (AvgIpc) is 1.99. The molecule has 0 aliphatic carbocycles. The predicted octanol–water partition coefficient (Wildman–Crippen LogP) is 0.520. The molecule has 1 atom stereocenters. The topological polar surface area (TPSA) is 75.3 Å². The van der Waals surface area contributed by atoms with Gasteiger partial charge in [0.05, 0.1) is 12.6 Å². The Kier molecular flexibility index (Phi) is 5.78. The number of nitrogens with one attached hydrogen (secondary N) is 1. The quantitative estimate of drug-likeness (QED) is 0.411. The van der Waals surface area contributed by atoms with Crippen LogP contribution in [0.15, 0.2) is 0 Å². The molecule has 0 heterocycles. The third-order valence-electron chi connectivity index (χ3n) is 1.35. The summed E-state index contributed by atoms with van der Waals surface area (Å²) >= 11 is 0. The summed E-state index contributed by atoms with van der Waals surface area (Å²) in [4.78, 5) is 8.99. The zero-order chi connectivity index (χ0) is 8.74. The van der Waals surface area contributed by atoms with Crippen LogP contribution in [0.25, 0.3) is 0 Å². The Hall–Kier alpha value is 0.110. The molecule has 1 unspecified atom stereocenters. The van der Waals surface area contributed by atoms with Gasteiger partial charge in [0.25, 0.3) is 0 Å². The van der Waals surface area contributed by atoms with Crippen LogP contribution in [0.2, 0.25) is 0 Å². The van der Waals surface area contributed by atoms with Crippen LogP contribution in [0.1, 0.15) is 19.8 Å². The first-order valence-corrected chi connectivity index (χ1v) is 5.87. The minimum atomic E-state index is -3.05. The summed E-state index contributed by atoms with van der Waals surface area (Å²) in [7, 11) is -3.05. The maximum Gasteiger partial charge on any atom is 0.227 e. The van der Waals surface area contributed by atoms with E-state index in [1.165, 1.54) is 0 Å². The van der Waals surface area contributed by atoms with Crippen molar-refractivity contribution in [3.63, 3.8) is 0 Å². The van der Waals surface area contributed by atoms with Crippen molar-refractivity contribution in [2.24, 2.45) is 5.73 Å². The molecule has 0 rings (SSSR count).